The van der Waals surface area contributed by atoms with Crippen LogP contribution in [0, 0.1) is 5.92 Å². The summed E-state index contributed by atoms with van der Waals surface area (Å²) in [5.41, 5.74) is 0.667. The fraction of sp³-hybridized carbons (Fsp3) is 0.524. The standard InChI is InChI=1S/C21H30N2O5/c1-13(2)11-16(25)18-19(14-7-8-17(28-5)15(24)12-14)23(21(27)20(18)26)10-6-9-22(3)4/h7-8,12-13,19,24,26H,6,9-11H2,1-5H3. The molecule has 1 amide bonds. The van der Waals surface area contributed by atoms with Crippen molar-refractivity contribution in [3.05, 3.63) is 35.1 Å². The normalized spacial score (nSPS) is 17.2. The predicted molar refractivity (Wildman–Crippen MR) is 106 cm³/mol. The molecule has 0 radical (unpaired) electrons. The first kappa shape index (κ1) is 21.8. The molecule has 2 rings (SSSR count). The first-order valence-corrected chi connectivity index (χ1v) is 9.46. The molecule has 7 heteroatoms. The number of phenols is 1. The number of Topliss-reactive ketones (excluding diaryl/α,β-unsaturated/α-hetero) is 1. The molecule has 1 atom stereocenters. The highest BCUT2D eigenvalue weighted by molar-refractivity contribution is 6.09. The molecule has 28 heavy (non-hydrogen) atoms. The zero-order valence-corrected chi connectivity index (χ0v) is 17.2. The van der Waals surface area contributed by atoms with E-state index < -0.39 is 17.7 Å². The summed E-state index contributed by atoms with van der Waals surface area (Å²) in [7, 11) is 5.33. The van der Waals surface area contributed by atoms with Gasteiger partial charge in [-0.3, -0.25) is 9.59 Å². The van der Waals surface area contributed by atoms with E-state index in [4.69, 9.17) is 4.74 Å². The molecule has 0 spiro atoms. The number of aliphatic hydroxyl groups excluding tert-OH is 1. The van der Waals surface area contributed by atoms with E-state index in [1.54, 1.807) is 12.1 Å². The van der Waals surface area contributed by atoms with E-state index in [-0.39, 0.29) is 29.4 Å². The fourth-order valence-electron chi connectivity index (χ4n) is 3.43. The van der Waals surface area contributed by atoms with E-state index in [2.05, 4.69) is 0 Å². The molecular weight excluding hydrogens is 360 g/mol. The molecule has 1 aromatic carbocycles. The number of aromatic hydroxyl groups is 1. The third kappa shape index (κ3) is 4.65. The van der Waals surface area contributed by atoms with Crippen LogP contribution in [0.1, 0.15) is 38.3 Å². The van der Waals surface area contributed by atoms with Crippen molar-refractivity contribution in [3.63, 3.8) is 0 Å². The number of benzene rings is 1. The minimum absolute atomic E-state index is 0.0808. The Balaban J connectivity index is 2.45. The van der Waals surface area contributed by atoms with Crippen LogP contribution in [0.25, 0.3) is 0 Å². The van der Waals surface area contributed by atoms with Gasteiger partial charge in [-0.25, -0.2) is 0 Å². The summed E-state index contributed by atoms with van der Waals surface area (Å²) in [5, 5.41) is 20.7. The van der Waals surface area contributed by atoms with Crippen LogP contribution < -0.4 is 4.74 Å². The Morgan fingerprint density at radius 3 is 2.50 bits per heavy atom. The third-order valence-corrected chi connectivity index (χ3v) is 4.72. The number of carbonyl (C=O) groups excluding carboxylic acids is 2. The van der Waals surface area contributed by atoms with Gasteiger partial charge in [-0.15, -0.1) is 0 Å². The SMILES string of the molecule is COc1ccc(C2C(C(=O)CC(C)C)=C(O)C(=O)N2CCCN(C)C)cc1O. The number of phenolic OH excluding ortho intramolecular Hbond substituents is 1. The quantitative estimate of drug-likeness (QED) is 0.674. The molecule has 2 N–H and O–H groups in total. The van der Waals surface area contributed by atoms with E-state index >= 15 is 0 Å². The smallest absolute Gasteiger partial charge is 0.290 e. The third-order valence-electron chi connectivity index (χ3n) is 4.72. The Labute approximate surface area is 166 Å². The average Bonchev–Trinajstić information content (AvgIpc) is 2.85. The number of rotatable bonds is 9. The number of hydrogen-bond acceptors (Lipinski definition) is 6. The topological polar surface area (TPSA) is 90.3 Å². The molecule has 1 unspecified atom stereocenters. The van der Waals surface area contributed by atoms with Crippen LogP contribution in [0.2, 0.25) is 0 Å². The zero-order chi connectivity index (χ0) is 21.0. The number of methoxy groups -OCH3 is 1. The van der Waals surface area contributed by atoms with Gasteiger partial charge in [0.1, 0.15) is 0 Å². The van der Waals surface area contributed by atoms with Crippen LogP contribution in [0.4, 0.5) is 0 Å². The summed E-state index contributed by atoms with van der Waals surface area (Å²) < 4.78 is 5.09. The largest absolute Gasteiger partial charge is 0.504 e. The highest BCUT2D eigenvalue weighted by atomic mass is 16.5. The lowest BCUT2D eigenvalue weighted by Gasteiger charge is -2.27. The Morgan fingerprint density at radius 1 is 1.29 bits per heavy atom. The molecule has 0 bridgehead atoms. The second kappa shape index (κ2) is 9.10. The van der Waals surface area contributed by atoms with Crippen molar-refractivity contribution in [2.45, 2.75) is 32.7 Å². The van der Waals surface area contributed by atoms with Gasteiger partial charge in [0.05, 0.1) is 18.7 Å². The van der Waals surface area contributed by atoms with Gasteiger partial charge in [0, 0.05) is 13.0 Å². The second-order valence-corrected chi connectivity index (χ2v) is 7.77. The van der Waals surface area contributed by atoms with E-state index in [0.29, 0.717) is 24.3 Å². The summed E-state index contributed by atoms with van der Waals surface area (Å²) in [6.45, 7) is 4.97. The lowest BCUT2D eigenvalue weighted by molar-refractivity contribution is -0.129. The van der Waals surface area contributed by atoms with E-state index in [9.17, 15) is 19.8 Å². The Hall–Kier alpha value is -2.54. The van der Waals surface area contributed by atoms with Gasteiger partial charge in [0.15, 0.2) is 23.0 Å². The monoisotopic (exact) mass is 390 g/mol. The lowest BCUT2D eigenvalue weighted by atomic mass is 9.92. The number of nitrogens with zero attached hydrogens (tertiary/aromatic N) is 2. The number of amides is 1. The van der Waals surface area contributed by atoms with E-state index in [1.165, 1.54) is 18.1 Å². The van der Waals surface area contributed by atoms with Crippen molar-refractivity contribution < 1.29 is 24.5 Å². The minimum atomic E-state index is -0.724. The minimum Gasteiger partial charge on any atom is -0.504 e. The summed E-state index contributed by atoms with van der Waals surface area (Å²) in [6.07, 6.45) is 0.924. The molecule has 0 aliphatic carbocycles. The van der Waals surface area contributed by atoms with Gasteiger partial charge in [0.2, 0.25) is 0 Å². The molecule has 7 nitrogen and oxygen atoms in total. The molecule has 1 aliphatic rings. The number of carbonyl (C=O) groups is 2. The maximum absolute atomic E-state index is 12.8. The molecular formula is C21H30N2O5. The van der Waals surface area contributed by atoms with Crippen molar-refractivity contribution in [1.29, 1.82) is 0 Å². The van der Waals surface area contributed by atoms with Crippen molar-refractivity contribution in [2.75, 3.05) is 34.3 Å². The number of ketones is 1. The maximum atomic E-state index is 12.8. The highest BCUT2D eigenvalue weighted by Crippen LogP contribution is 2.41. The van der Waals surface area contributed by atoms with Crippen LogP contribution in [0.3, 0.4) is 0 Å². The van der Waals surface area contributed by atoms with Crippen LogP contribution >= 0.6 is 0 Å². The van der Waals surface area contributed by atoms with E-state index in [1.807, 2.05) is 32.8 Å². The summed E-state index contributed by atoms with van der Waals surface area (Å²) >= 11 is 0. The maximum Gasteiger partial charge on any atom is 0.290 e. The Kier molecular flexibility index (Phi) is 7.07. The van der Waals surface area contributed by atoms with Crippen LogP contribution in [0.5, 0.6) is 11.5 Å². The molecule has 1 heterocycles. The fourth-order valence-corrected chi connectivity index (χ4v) is 3.43. The summed E-state index contributed by atoms with van der Waals surface area (Å²) in [5.74, 6) is -0.980. The van der Waals surface area contributed by atoms with Gasteiger partial charge < -0.3 is 24.7 Å². The van der Waals surface area contributed by atoms with Crippen molar-refractivity contribution in [3.8, 4) is 11.5 Å². The lowest BCUT2D eigenvalue weighted by Crippen LogP contribution is -2.33. The molecule has 1 aromatic rings. The molecule has 0 saturated heterocycles. The first-order valence-electron chi connectivity index (χ1n) is 9.46. The number of ether oxygens (including phenoxy) is 1. The second-order valence-electron chi connectivity index (χ2n) is 7.77. The molecule has 0 saturated carbocycles. The average molecular weight is 390 g/mol. The van der Waals surface area contributed by atoms with Crippen molar-refractivity contribution in [1.82, 2.24) is 9.80 Å². The van der Waals surface area contributed by atoms with Crippen LogP contribution in [-0.4, -0.2) is 66.0 Å². The summed E-state index contributed by atoms with van der Waals surface area (Å²) in [4.78, 5) is 29.1. The van der Waals surface area contributed by atoms with Crippen molar-refractivity contribution in [2.24, 2.45) is 5.92 Å². The Morgan fingerprint density at radius 2 is 1.96 bits per heavy atom. The number of hydrogen-bond donors (Lipinski definition) is 2. The molecule has 0 aromatic heterocycles. The van der Waals surface area contributed by atoms with Gasteiger partial charge in [-0.1, -0.05) is 19.9 Å². The van der Waals surface area contributed by atoms with Gasteiger partial charge in [-0.05, 0) is 50.7 Å². The van der Waals surface area contributed by atoms with Crippen LogP contribution in [0.15, 0.2) is 29.5 Å². The van der Waals surface area contributed by atoms with Gasteiger partial charge in [0.25, 0.3) is 5.91 Å². The first-order chi connectivity index (χ1) is 13.2. The summed E-state index contributed by atoms with van der Waals surface area (Å²) in [6, 6.07) is 4.05. The van der Waals surface area contributed by atoms with Gasteiger partial charge >= 0.3 is 0 Å². The molecule has 1 aliphatic heterocycles. The molecule has 154 valence electrons. The van der Waals surface area contributed by atoms with Crippen LogP contribution in [-0.2, 0) is 9.59 Å². The highest BCUT2D eigenvalue weighted by Gasteiger charge is 2.43. The number of aliphatic hydroxyl groups is 1. The van der Waals surface area contributed by atoms with E-state index in [0.717, 1.165) is 6.54 Å². The zero-order valence-electron chi connectivity index (χ0n) is 17.2. The predicted octanol–water partition coefficient (Wildman–Crippen LogP) is 2.66. The van der Waals surface area contributed by atoms with Crippen molar-refractivity contribution >= 4 is 11.7 Å². The molecule has 0 fully saturated rings. The Bertz CT molecular complexity index is 770. The van der Waals surface area contributed by atoms with Gasteiger partial charge in [-0.2, -0.15) is 0 Å².